The van der Waals surface area contributed by atoms with Gasteiger partial charge in [-0.1, -0.05) is 18.2 Å². The predicted molar refractivity (Wildman–Crippen MR) is 116 cm³/mol. The molecule has 1 saturated heterocycles. The van der Waals surface area contributed by atoms with Crippen LogP contribution in [0.2, 0.25) is 0 Å². The number of para-hydroxylation sites is 1. The number of anilines is 3. The number of halogens is 3. The Morgan fingerprint density at radius 3 is 2.68 bits per heavy atom. The number of carbonyl (C=O) groups is 1. The molecule has 0 aromatic heterocycles. The van der Waals surface area contributed by atoms with Gasteiger partial charge in [-0.05, 0) is 50.1 Å². The fraction of sp³-hybridized carbons (Fsp3) is 0.348. The van der Waals surface area contributed by atoms with Crippen molar-refractivity contribution in [2.24, 2.45) is 0 Å². The summed E-state index contributed by atoms with van der Waals surface area (Å²) in [6.07, 6.45) is 0.252. The zero-order valence-corrected chi connectivity index (χ0v) is 17.2. The zero-order valence-electron chi connectivity index (χ0n) is 17.2. The van der Waals surface area contributed by atoms with Crippen LogP contribution in [-0.2, 0) is 11.0 Å². The molecular weight excluding hydrogens is 405 g/mol. The Kier molecular flexibility index (Phi) is 5.91. The van der Waals surface area contributed by atoms with Crippen molar-refractivity contribution >= 4 is 29.0 Å². The van der Waals surface area contributed by atoms with Gasteiger partial charge in [0, 0.05) is 29.9 Å². The Hall–Kier alpha value is -3.00. The van der Waals surface area contributed by atoms with Crippen LogP contribution in [0.15, 0.2) is 48.5 Å². The number of benzene rings is 2. The number of hydrogen-bond acceptors (Lipinski definition) is 4. The first-order chi connectivity index (χ1) is 14.8. The molecule has 0 spiro atoms. The summed E-state index contributed by atoms with van der Waals surface area (Å²) in [6, 6.07) is 12.0. The first-order valence-corrected chi connectivity index (χ1v) is 10.3. The molecule has 31 heavy (non-hydrogen) atoms. The third-order valence-electron chi connectivity index (χ3n) is 5.65. The van der Waals surface area contributed by atoms with Crippen LogP contribution in [0.1, 0.15) is 30.9 Å². The maximum absolute atomic E-state index is 13.5. The summed E-state index contributed by atoms with van der Waals surface area (Å²) >= 11 is 0. The minimum absolute atomic E-state index is 0.218. The van der Waals surface area contributed by atoms with Crippen LogP contribution in [0.25, 0.3) is 6.08 Å². The van der Waals surface area contributed by atoms with Crippen LogP contribution < -0.4 is 15.5 Å². The molecule has 2 aromatic rings. The molecule has 4 rings (SSSR count). The summed E-state index contributed by atoms with van der Waals surface area (Å²) in [6.45, 7) is 3.48. The van der Waals surface area contributed by atoms with Crippen LogP contribution in [0, 0.1) is 0 Å². The number of nitrogens with one attached hydrogen (secondary N) is 2. The number of amides is 1. The van der Waals surface area contributed by atoms with E-state index in [4.69, 9.17) is 0 Å². The fourth-order valence-corrected chi connectivity index (χ4v) is 3.95. The van der Waals surface area contributed by atoms with Gasteiger partial charge in [0.15, 0.2) is 0 Å². The van der Waals surface area contributed by atoms with E-state index in [0.29, 0.717) is 42.9 Å². The van der Waals surface area contributed by atoms with E-state index in [1.54, 1.807) is 4.90 Å². The summed E-state index contributed by atoms with van der Waals surface area (Å²) in [7, 11) is 0. The van der Waals surface area contributed by atoms with Gasteiger partial charge in [-0.15, -0.1) is 0 Å². The maximum Gasteiger partial charge on any atom is 0.416 e. The van der Waals surface area contributed by atoms with Crippen molar-refractivity contribution < 1.29 is 18.0 Å². The average Bonchev–Trinajstić information content (AvgIpc) is 3.06. The van der Waals surface area contributed by atoms with Crippen LogP contribution in [-0.4, -0.2) is 36.7 Å². The predicted octanol–water partition coefficient (Wildman–Crippen LogP) is 4.80. The highest BCUT2D eigenvalue weighted by molar-refractivity contribution is 5.95. The highest BCUT2D eigenvalue weighted by Crippen LogP contribution is 2.44. The number of carbonyl (C=O) groups excluding carboxylic acids is 1. The summed E-state index contributed by atoms with van der Waals surface area (Å²) in [5, 5.41) is 6.33. The topological polar surface area (TPSA) is 47.6 Å². The maximum atomic E-state index is 13.5. The van der Waals surface area contributed by atoms with E-state index in [9.17, 15) is 18.0 Å². The van der Waals surface area contributed by atoms with Gasteiger partial charge in [-0.2, -0.15) is 13.2 Å². The fourth-order valence-electron chi connectivity index (χ4n) is 3.95. The molecule has 0 aliphatic carbocycles. The lowest BCUT2D eigenvalue weighted by atomic mass is 10.0. The average molecular weight is 430 g/mol. The molecule has 2 N–H and O–H groups in total. The quantitative estimate of drug-likeness (QED) is 0.687. The van der Waals surface area contributed by atoms with Gasteiger partial charge in [0.05, 0.1) is 30.3 Å². The van der Waals surface area contributed by atoms with Crippen molar-refractivity contribution in [2.75, 3.05) is 30.1 Å². The zero-order chi connectivity index (χ0) is 22.0. The third-order valence-corrected chi connectivity index (χ3v) is 5.65. The Labute approximate surface area is 179 Å². The van der Waals surface area contributed by atoms with E-state index in [2.05, 4.69) is 17.6 Å². The van der Waals surface area contributed by atoms with E-state index in [-0.39, 0.29) is 5.91 Å². The lowest BCUT2D eigenvalue weighted by Gasteiger charge is -2.21. The molecule has 8 heteroatoms. The molecule has 1 atom stereocenters. The summed E-state index contributed by atoms with van der Waals surface area (Å²) in [5.74, 6) is -0.218. The first kappa shape index (κ1) is 21.2. The van der Waals surface area contributed by atoms with E-state index >= 15 is 0 Å². The minimum atomic E-state index is -4.48. The van der Waals surface area contributed by atoms with Crippen LogP contribution in [0.5, 0.6) is 0 Å². The Balaban J connectivity index is 1.68. The molecule has 2 aliphatic heterocycles. The molecule has 2 heterocycles. The second-order valence-corrected chi connectivity index (χ2v) is 7.90. The van der Waals surface area contributed by atoms with Gasteiger partial charge < -0.3 is 15.1 Å². The Morgan fingerprint density at radius 1 is 1.16 bits per heavy atom. The molecule has 1 fully saturated rings. The van der Waals surface area contributed by atoms with Crippen molar-refractivity contribution in [2.45, 2.75) is 32.0 Å². The number of hydrogen-bond donors (Lipinski definition) is 2. The lowest BCUT2D eigenvalue weighted by molar-refractivity contribution is -0.137. The standard InChI is InChI=1S/C23H25F3N4O/c1-16-6-5-11-29(14-27-16)21(31)10-9-17-12-18(23(24,25)26)13-20-22(17)30(15-28-20)19-7-3-2-4-8-19/h2-4,7-10,12-13,16,27-28H,5-6,11,14-15H2,1H3. The van der Waals surface area contributed by atoms with Gasteiger partial charge in [-0.25, -0.2) is 0 Å². The molecule has 164 valence electrons. The van der Waals surface area contributed by atoms with Crippen molar-refractivity contribution in [3.63, 3.8) is 0 Å². The molecule has 0 saturated carbocycles. The highest BCUT2D eigenvalue weighted by Gasteiger charge is 2.34. The van der Waals surface area contributed by atoms with Gasteiger partial charge in [-0.3, -0.25) is 10.1 Å². The Morgan fingerprint density at radius 2 is 1.94 bits per heavy atom. The van der Waals surface area contributed by atoms with Gasteiger partial charge in [0.1, 0.15) is 0 Å². The minimum Gasteiger partial charge on any atom is -0.366 e. The van der Waals surface area contributed by atoms with Crippen LogP contribution in [0.4, 0.5) is 30.2 Å². The van der Waals surface area contributed by atoms with Crippen molar-refractivity contribution in [3.8, 4) is 0 Å². The van der Waals surface area contributed by atoms with E-state index in [0.717, 1.165) is 30.7 Å². The summed E-state index contributed by atoms with van der Waals surface area (Å²) in [4.78, 5) is 16.3. The molecule has 5 nitrogen and oxygen atoms in total. The Bertz CT molecular complexity index is 975. The van der Waals surface area contributed by atoms with Gasteiger partial charge in [0.25, 0.3) is 0 Å². The number of fused-ring (bicyclic) bond motifs is 1. The van der Waals surface area contributed by atoms with E-state index in [1.807, 2.05) is 35.2 Å². The number of nitrogens with zero attached hydrogens (tertiary/aromatic N) is 2. The molecule has 1 unspecified atom stereocenters. The van der Waals surface area contributed by atoms with Crippen molar-refractivity contribution in [3.05, 3.63) is 59.7 Å². The highest BCUT2D eigenvalue weighted by atomic mass is 19.4. The van der Waals surface area contributed by atoms with Gasteiger partial charge in [0.2, 0.25) is 5.91 Å². The second-order valence-electron chi connectivity index (χ2n) is 7.90. The molecule has 2 aromatic carbocycles. The third kappa shape index (κ3) is 4.69. The summed E-state index contributed by atoms with van der Waals surface area (Å²) < 4.78 is 40.4. The molecule has 1 amide bonds. The smallest absolute Gasteiger partial charge is 0.366 e. The SMILES string of the molecule is CC1CCCN(C(=O)C=Cc2cc(C(F)(F)F)cc3c2N(c2ccccc2)CN3)CN1. The van der Waals surface area contributed by atoms with Crippen LogP contribution >= 0.6 is 0 Å². The monoisotopic (exact) mass is 430 g/mol. The van der Waals surface area contributed by atoms with Crippen LogP contribution in [0.3, 0.4) is 0 Å². The van der Waals surface area contributed by atoms with Crippen molar-refractivity contribution in [1.82, 2.24) is 10.2 Å². The summed E-state index contributed by atoms with van der Waals surface area (Å²) in [5.41, 5.74) is 1.50. The first-order valence-electron chi connectivity index (χ1n) is 10.3. The molecule has 0 bridgehead atoms. The second kappa shape index (κ2) is 8.63. The van der Waals surface area contributed by atoms with E-state index in [1.165, 1.54) is 12.2 Å². The number of rotatable bonds is 3. The normalized spacial score (nSPS) is 19.3. The molecule has 2 aliphatic rings. The van der Waals surface area contributed by atoms with E-state index < -0.39 is 11.7 Å². The number of alkyl halides is 3. The van der Waals surface area contributed by atoms with Gasteiger partial charge >= 0.3 is 6.18 Å². The molecule has 0 radical (unpaired) electrons. The van der Waals surface area contributed by atoms with Crippen molar-refractivity contribution in [1.29, 1.82) is 0 Å². The molecular formula is C23H25F3N4O. The lowest BCUT2D eigenvalue weighted by Crippen LogP contribution is -2.38. The largest absolute Gasteiger partial charge is 0.416 e.